The van der Waals surface area contributed by atoms with E-state index >= 15 is 0 Å². The van der Waals surface area contributed by atoms with Crippen LogP contribution in [0.3, 0.4) is 0 Å². The van der Waals surface area contributed by atoms with Crippen LogP contribution in [0.4, 0.5) is 8.68 Å². The Morgan fingerprint density at radius 2 is 1.86 bits per heavy atom. The SMILES string of the molecule is COC1C(OC(=O)NCCCCCCNC(=O)CNSSF)CC[C@]2(CO2)C1[C@]1(C)OC1CC=C(C)C. The number of carbonyl (C=O) groups is 2. The topological polar surface area (TPSA) is 114 Å². The van der Waals surface area contributed by atoms with Gasteiger partial charge in [0, 0.05) is 31.2 Å². The molecule has 0 aromatic rings. The fraction of sp³-hybridized carbons (Fsp3) is 0.840. The van der Waals surface area contributed by atoms with Crippen molar-refractivity contribution in [1.29, 1.82) is 0 Å². The van der Waals surface area contributed by atoms with E-state index in [1.54, 1.807) is 7.11 Å². The fourth-order valence-electron chi connectivity index (χ4n) is 5.45. The van der Waals surface area contributed by atoms with Gasteiger partial charge in [0.1, 0.15) is 34.6 Å². The van der Waals surface area contributed by atoms with E-state index in [0.717, 1.165) is 49.5 Å². The van der Waals surface area contributed by atoms with Crippen LogP contribution >= 0.6 is 22.2 Å². The lowest BCUT2D eigenvalue weighted by atomic mass is 9.68. The van der Waals surface area contributed by atoms with Crippen molar-refractivity contribution in [3.8, 4) is 0 Å². The summed E-state index contributed by atoms with van der Waals surface area (Å²) in [6.07, 6.45) is 7.16. The summed E-state index contributed by atoms with van der Waals surface area (Å²) < 4.78 is 38.4. The van der Waals surface area contributed by atoms with Crippen molar-refractivity contribution in [3.05, 3.63) is 11.6 Å². The number of alkyl carbamates (subject to hydrolysis) is 1. The first kappa shape index (κ1) is 30.5. The smallest absolute Gasteiger partial charge is 0.407 e. The summed E-state index contributed by atoms with van der Waals surface area (Å²) in [5.74, 6) is -0.153. The minimum atomic E-state index is -0.425. The molecule has 1 spiro atoms. The molecule has 2 saturated heterocycles. The van der Waals surface area contributed by atoms with Crippen LogP contribution < -0.4 is 15.4 Å². The molecule has 3 N–H and O–H groups in total. The van der Waals surface area contributed by atoms with Crippen LogP contribution in [0.2, 0.25) is 0 Å². The predicted octanol–water partition coefficient (Wildman–Crippen LogP) is 4.24. The predicted molar refractivity (Wildman–Crippen MR) is 144 cm³/mol. The second kappa shape index (κ2) is 14.4. The van der Waals surface area contributed by atoms with E-state index in [9.17, 15) is 13.5 Å². The van der Waals surface area contributed by atoms with Gasteiger partial charge in [-0.15, -0.1) is 0 Å². The summed E-state index contributed by atoms with van der Waals surface area (Å²) in [5.41, 5.74) is 0.669. The van der Waals surface area contributed by atoms with Crippen molar-refractivity contribution >= 4 is 34.2 Å². The molecule has 12 heteroatoms. The van der Waals surface area contributed by atoms with Crippen molar-refractivity contribution < 1.29 is 32.4 Å². The molecule has 2 aliphatic heterocycles. The van der Waals surface area contributed by atoms with E-state index in [2.05, 4.69) is 42.2 Å². The molecule has 212 valence electrons. The van der Waals surface area contributed by atoms with E-state index in [1.807, 2.05) is 0 Å². The van der Waals surface area contributed by atoms with Gasteiger partial charge in [-0.3, -0.25) is 4.79 Å². The summed E-state index contributed by atoms with van der Waals surface area (Å²) in [5, 5.41) is 5.64. The number of allylic oxidation sites excluding steroid dienone is 1. The van der Waals surface area contributed by atoms with Crippen molar-refractivity contribution in [1.82, 2.24) is 15.4 Å². The molecule has 2 heterocycles. The average molecular weight is 564 g/mol. The quantitative estimate of drug-likeness (QED) is 0.0834. The Morgan fingerprint density at radius 1 is 1.16 bits per heavy atom. The summed E-state index contributed by atoms with van der Waals surface area (Å²) in [4.78, 5) is 24.1. The normalized spacial score (nSPS) is 32.0. The Balaban J connectivity index is 1.35. The molecule has 6 atom stereocenters. The number of ether oxygens (including phenoxy) is 4. The van der Waals surface area contributed by atoms with Gasteiger partial charge in [0.15, 0.2) is 0 Å². The second-order valence-corrected chi connectivity index (χ2v) is 11.9. The highest BCUT2D eigenvalue weighted by Gasteiger charge is 2.72. The fourth-order valence-corrected chi connectivity index (χ4v) is 6.00. The molecule has 3 rings (SSSR count). The van der Waals surface area contributed by atoms with Crippen LogP contribution in [0.5, 0.6) is 0 Å². The zero-order valence-corrected chi connectivity index (χ0v) is 23.9. The highest BCUT2D eigenvalue weighted by molar-refractivity contribution is 8.74. The van der Waals surface area contributed by atoms with Crippen LogP contribution in [0, 0.1) is 5.92 Å². The molecule has 0 bridgehead atoms. The number of carbonyl (C=O) groups excluding carboxylic acids is 2. The third kappa shape index (κ3) is 8.72. The van der Waals surface area contributed by atoms with E-state index in [4.69, 9.17) is 18.9 Å². The number of epoxide rings is 2. The van der Waals surface area contributed by atoms with Gasteiger partial charge in [-0.2, -0.15) is 3.89 Å². The monoisotopic (exact) mass is 563 g/mol. The van der Waals surface area contributed by atoms with Crippen LogP contribution in [-0.2, 0) is 23.7 Å². The van der Waals surface area contributed by atoms with E-state index in [1.165, 1.54) is 5.57 Å². The zero-order chi connectivity index (χ0) is 26.9. The van der Waals surface area contributed by atoms with Gasteiger partial charge in [-0.25, -0.2) is 9.52 Å². The van der Waals surface area contributed by atoms with Crippen LogP contribution in [0.25, 0.3) is 0 Å². The number of halogens is 1. The van der Waals surface area contributed by atoms with Gasteiger partial charge >= 0.3 is 6.09 Å². The van der Waals surface area contributed by atoms with Gasteiger partial charge in [0.25, 0.3) is 0 Å². The Labute approximate surface area is 227 Å². The number of methoxy groups -OCH3 is 1. The molecule has 3 aliphatic rings. The standard InChI is InChI=1S/C25H42FN3O6S2/c1-17(2)9-10-19-24(3,35-19)22-21(32-4)18(11-12-25(22)16-33-25)34-23(31)28-14-8-6-5-7-13-27-20(30)15-29-37-36-26/h9,18-19,21-22,29H,5-8,10-16H2,1-4H3,(H,27,30)(H,28,31)/t18?,19?,21?,22?,24-,25+/m1/s1. The minimum Gasteiger partial charge on any atom is -0.443 e. The molecule has 37 heavy (non-hydrogen) atoms. The Kier molecular flexibility index (Phi) is 11.8. The lowest BCUT2D eigenvalue weighted by Crippen LogP contribution is -2.56. The van der Waals surface area contributed by atoms with Gasteiger partial charge in [0.05, 0.1) is 25.2 Å². The van der Waals surface area contributed by atoms with Gasteiger partial charge < -0.3 is 29.6 Å². The average Bonchev–Trinajstić information content (AvgIpc) is 3.77. The highest BCUT2D eigenvalue weighted by atomic mass is 33.1. The van der Waals surface area contributed by atoms with Crippen LogP contribution in [0.15, 0.2) is 11.6 Å². The second-order valence-electron chi connectivity index (χ2n) is 10.5. The largest absolute Gasteiger partial charge is 0.443 e. The highest BCUT2D eigenvalue weighted by Crippen LogP contribution is 2.59. The van der Waals surface area contributed by atoms with Crippen molar-refractivity contribution in [2.75, 3.05) is 33.4 Å². The molecule has 4 unspecified atom stereocenters. The number of amides is 2. The maximum absolute atomic E-state index is 12.5. The number of hydrogen-bond acceptors (Lipinski definition) is 9. The molecular formula is C25H42FN3O6S2. The van der Waals surface area contributed by atoms with Crippen molar-refractivity contribution in [2.45, 2.75) is 95.2 Å². The van der Waals surface area contributed by atoms with E-state index in [0.29, 0.717) is 26.1 Å². The molecule has 0 aromatic carbocycles. The first-order valence-corrected chi connectivity index (χ1v) is 15.2. The van der Waals surface area contributed by atoms with Gasteiger partial charge in [-0.05, 0) is 52.9 Å². The van der Waals surface area contributed by atoms with E-state index in [-0.39, 0.29) is 59.1 Å². The molecule has 3 fully saturated rings. The number of rotatable bonds is 16. The molecular weight excluding hydrogens is 521 g/mol. The Bertz CT molecular complexity index is 798. The maximum Gasteiger partial charge on any atom is 0.407 e. The summed E-state index contributed by atoms with van der Waals surface area (Å²) in [6, 6.07) is 0. The van der Waals surface area contributed by atoms with Crippen LogP contribution in [0.1, 0.15) is 65.7 Å². The third-order valence-electron chi connectivity index (χ3n) is 7.51. The minimum absolute atomic E-state index is 0.00437. The third-order valence-corrected chi connectivity index (χ3v) is 8.38. The Hall–Kier alpha value is -1.05. The molecule has 0 radical (unpaired) electrons. The van der Waals surface area contributed by atoms with Crippen molar-refractivity contribution in [2.24, 2.45) is 5.92 Å². The number of unbranched alkanes of at least 4 members (excludes halogenated alkanes) is 3. The lowest BCUT2D eigenvalue weighted by Gasteiger charge is -2.42. The molecule has 2 amide bonds. The zero-order valence-electron chi connectivity index (χ0n) is 22.3. The van der Waals surface area contributed by atoms with Gasteiger partial charge in [0.2, 0.25) is 5.91 Å². The van der Waals surface area contributed by atoms with E-state index < -0.39 is 6.09 Å². The Morgan fingerprint density at radius 3 is 2.49 bits per heavy atom. The van der Waals surface area contributed by atoms with Gasteiger partial charge in [-0.1, -0.05) is 24.5 Å². The summed E-state index contributed by atoms with van der Waals surface area (Å²) in [6.45, 7) is 8.19. The molecule has 1 saturated carbocycles. The van der Waals surface area contributed by atoms with Crippen LogP contribution in [-0.4, -0.2) is 74.9 Å². The first-order valence-electron chi connectivity index (χ1n) is 13.1. The number of nitrogens with one attached hydrogen (secondary N) is 3. The molecule has 1 aliphatic carbocycles. The summed E-state index contributed by atoms with van der Waals surface area (Å²) >= 11 is 0.0726. The molecule has 9 nitrogen and oxygen atoms in total. The lowest BCUT2D eigenvalue weighted by molar-refractivity contribution is -0.119. The van der Waals surface area contributed by atoms with Crippen molar-refractivity contribution in [3.63, 3.8) is 0 Å². The molecule has 0 aromatic heterocycles. The summed E-state index contributed by atoms with van der Waals surface area (Å²) in [7, 11) is 2.46. The first-order chi connectivity index (χ1) is 17.8. The maximum atomic E-state index is 12.5. The number of hydrogen-bond donors (Lipinski definition) is 3.